The maximum atomic E-state index is 12.1. The van der Waals surface area contributed by atoms with Crippen LogP contribution in [-0.2, 0) is 0 Å². The first-order valence-electron chi connectivity index (χ1n) is 6.51. The van der Waals surface area contributed by atoms with Gasteiger partial charge >= 0.3 is 6.03 Å². The Morgan fingerprint density at radius 2 is 2.22 bits per heavy atom. The Morgan fingerprint density at radius 3 is 2.78 bits per heavy atom. The van der Waals surface area contributed by atoms with Crippen LogP contribution in [0.1, 0.15) is 12.8 Å². The summed E-state index contributed by atoms with van der Waals surface area (Å²) in [5, 5.41) is 3.18. The number of fused-ring (bicyclic) bond motifs is 3. The second-order valence-electron chi connectivity index (χ2n) is 5.15. The molecule has 1 atom stereocenters. The van der Waals surface area contributed by atoms with Gasteiger partial charge in [-0.3, -0.25) is 4.57 Å². The molecule has 0 spiro atoms. The van der Waals surface area contributed by atoms with Gasteiger partial charge in [0.05, 0.1) is 0 Å². The molecule has 4 heterocycles. The minimum atomic E-state index is 0.00838. The lowest BCUT2D eigenvalue weighted by Crippen LogP contribution is -2.57. The van der Waals surface area contributed by atoms with Gasteiger partial charge in [0.15, 0.2) is 0 Å². The summed E-state index contributed by atoms with van der Waals surface area (Å²) in [7, 11) is 0. The van der Waals surface area contributed by atoms with Crippen molar-refractivity contribution in [1.82, 2.24) is 14.8 Å². The summed E-state index contributed by atoms with van der Waals surface area (Å²) in [6.07, 6.45) is 8.20. The SMILES string of the molecule is CSc1ccn(C(=O)N[C@H]2CN3CCC2CC3)c1. The molecular weight excluding hydrogens is 246 g/mol. The normalized spacial score (nSPS) is 30.4. The van der Waals surface area contributed by atoms with Crippen LogP contribution in [-0.4, -0.2) is 47.4 Å². The lowest BCUT2D eigenvalue weighted by atomic mass is 9.84. The van der Waals surface area contributed by atoms with Crippen molar-refractivity contribution in [2.75, 3.05) is 25.9 Å². The second kappa shape index (κ2) is 4.97. The fourth-order valence-electron chi connectivity index (χ4n) is 2.99. The third kappa shape index (κ3) is 2.29. The minimum Gasteiger partial charge on any atom is -0.333 e. The smallest absolute Gasteiger partial charge is 0.325 e. The first-order chi connectivity index (χ1) is 8.76. The largest absolute Gasteiger partial charge is 0.333 e. The molecule has 1 N–H and O–H groups in total. The summed E-state index contributed by atoms with van der Waals surface area (Å²) < 4.78 is 1.66. The van der Waals surface area contributed by atoms with Gasteiger partial charge < -0.3 is 10.2 Å². The first kappa shape index (κ1) is 12.1. The number of amides is 1. The zero-order valence-electron chi connectivity index (χ0n) is 10.6. The average Bonchev–Trinajstić information content (AvgIpc) is 2.89. The number of aromatic nitrogens is 1. The zero-order chi connectivity index (χ0) is 12.5. The Balaban J connectivity index is 1.64. The van der Waals surface area contributed by atoms with Crippen LogP contribution in [0.3, 0.4) is 0 Å². The fraction of sp³-hybridized carbons (Fsp3) is 0.615. The molecule has 4 nitrogen and oxygen atoms in total. The number of nitrogens with one attached hydrogen (secondary N) is 1. The summed E-state index contributed by atoms with van der Waals surface area (Å²) in [4.78, 5) is 15.7. The van der Waals surface area contributed by atoms with E-state index in [0.29, 0.717) is 12.0 Å². The molecule has 18 heavy (non-hydrogen) atoms. The second-order valence-corrected chi connectivity index (χ2v) is 6.03. The van der Waals surface area contributed by atoms with Crippen LogP contribution >= 0.6 is 11.8 Å². The summed E-state index contributed by atoms with van der Waals surface area (Å²) >= 11 is 1.66. The summed E-state index contributed by atoms with van der Waals surface area (Å²) in [6, 6.07) is 2.31. The van der Waals surface area contributed by atoms with Crippen LogP contribution in [0.2, 0.25) is 0 Å². The lowest BCUT2D eigenvalue weighted by Gasteiger charge is -2.44. The summed E-state index contributed by atoms with van der Waals surface area (Å²) in [5.41, 5.74) is 0. The number of nitrogens with zero attached hydrogens (tertiary/aromatic N) is 2. The van der Waals surface area contributed by atoms with Crippen LogP contribution in [0, 0.1) is 5.92 Å². The first-order valence-corrected chi connectivity index (χ1v) is 7.74. The third-order valence-electron chi connectivity index (χ3n) is 4.10. The number of thioether (sulfide) groups is 1. The molecule has 1 aromatic heterocycles. The number of carbonyl (C=O) groups is 1. The third-order valence-corrected chi connectivity index (χ3v) is 4.81. The fourth-order valence-corrected chi connectivity index (χ4v) is 3.40. The molecule has 3 fully saturated rings. The number of carbonyl (C=O) groups excluding carboxylic acids is 1. The monoisotopic (exact) mass is 265 g/mol. The number of hydrogen-bond donors (Lipinski definition) is 1. The Kier molecular flexibility index (Phi) is 3.35. The van der Waals surface area contributed by atoms with Gasteiger partial charge in [0.1, 0.15) is 0 Å². The quantitative estimate of drug-likeness (QED) is 0.829. The standard InChI is InChI=1S/C13H19N3OS/c1-18-11-4-7-16(8-11)13(17)14-12-9-15-5-2-10(12)3-6-15/h4,7-8,10,12H,2-3,5-6,9H2,1H3,(H,14,17)/t12-/m0/s1. The van der Waals surface area contributed by atoms with E-state index in [2.05, 4.69) is 10.2 Å². The van der Waals surface area contributed by atoms with E-state index in [-0.39, 0.29) is 6.03 Å². The molecule has 98 valence electrons. The molecule has 3 aliphatic heterocycles. The van der Waals surface area contributed by atoms with E-state index in [9.17, 15) is 4.79 Å². The van der Waals surface area contributed by atoms with E-state index in [0.717, 1.165) is 11.4 Å². The van der Waals surface area contributed by atoms with Crippen molar-refractivity contribution < 1.29 is 4.79 Å². The number of hydrogen-bond acceptors (Lipinski definition) is 3. The molecule has 0 saturated carbocycles. The van der Waals surface area contributed by atoms with Gasteiger partial charge in [0.2, 0.25) is 0 Å². The highest BCUT2D eigenvalue weighted by Crippen LogP contribution is 2.27. The van der Waals surface area contributed by atoms with Crippen LogP contribution < -0.4 is 5.32 Å². The van der Waals surface area contributed by atoms with E-state index in [4.69, 9.17) is 0 Å². The Bertz CT molecular complexity index is 437. The molecule has 2 bridgehead atoms. The molecule has 3 saturated heterocycles. The van der Waals surface area contributed by atoms with Crippen LogP contribution in [0.25, 0.3) is 0 Å². The van der Waals surface area contributed by atoms with Crippen molar-refractivity contribution in [3.63, 3.8) is 0 Å². The topological polar surface area (TPSA) is 37.3 Å². The van der Waals surface area contributed by atoms with Crippen molar-refractivity contribution in [3.05, 3.63) is 18.5 Å². The van der Waals surface area contributed by atoms with Gasteiger partial charge in [-0.1, -0.05) is 0 Å². The zero-order valence-corrected chi connectivity index (χ0v) is 11.4. The molecule has 3 aliphatic rings. The number of piperidine rings is 3. The molecule has 0 aliphatic carbocycles. The van der Waals surface area contributed by atoms with E-state index in [1.807, 2.05) is 24.7 Å². The molecule has 0 unspecified atom stereocenters. The van der Waals surface area contributed by atoms with E-state index >= 15 is 0 Å². The maximum Gasteiger partial charge on any atom is 0.325 e. The molecule has 0 radical (unpaired) electrons. The van der Waals surface area contributed by atoms with Gasteiger partial charge in [-0.15, -0.1) is 11.8 Å². The van der Waals surface area contributed by atoms with Crippen LogP contribution in [0.4, 0.5) is 4.79 Å². The van der Waals surface area contributed by atoms with Crippen molar-refractivity contribution in [2.24, 2.45) is 5.92 Å². The van der Waals surface area contributed by atoms with E-state index in [1.165, 1.54) is 25.9 Å². The number of rotatable bonds is 2. The summed E-state index contributed by atoms with van der Waals surface area (Å²) in [5.74, 6) is 0.675. The predicted octanol–water partition coefficient (Wildman–Crippen LogP) is 1.86. The highest BCUT2D eigenvalue weighted by atomic mass is 32.2. The Morgan fingerprint density at radius 1 is 1.44 bits per heavy atom. The predicted molar refractivity (Wildman–Crippen MR) is 73.1 cm³/mol. The van der Waals surface area contributed by atoms with Gasteiger partial charge in [0.25, 0.3) is 0 Å². The van der Waals surface area contributed by atoms with Gasteiger partial charge in [-0.25, -0.2) is 4.79 Å². The highest BCUT2D eigenvalue weighted by molar-refractivity contribution is 7.98. The lowest BCUT2D eigenvalue weighted by molar-refractivity contribution is 0.0767. The Hall–Kier alpha value is -0.940. The molecule has 4 rings (SSSR count). The van der Waals surface area contributed by atoms with Gasteiger partial charge in [-0.2, -0.15) is 0 Å². The molecular formula is C13H19N3OS. The average molecular weight is 265 g/mol. The molecule has 1 amide bonds. The van der Waals surface area contributed by atoms with E-state index in [1.54, 1.807) is 16.3 Å². The Labute approximate surface area is 112 Å². The van der Waals surface area contributed by atoms with Crippen molar-refractivity contribution in [2.45, 2.75) is 23.8 Å². The summed E-state index contributed by atoms with van der Waals surface area (Å²) in [6.45, 7) is 3.43. The maximum absolute atomic E-state index is 12.1. The highest BCUT2D eigenvalue weighted by Gasteiger charge is 2.34. The molecule has 1 aromatic rings. The molecule has 5 heteroatoms. The minimum absolute atomic E-state index is 0.00838. The van der Waals surface area contributed by atoms with Crippen molar-refractivity contribution >= 4 is 17.8 Å². The van der Waals surface area contributed by atoms with Gasteiger partial charge in [-0.05, 0) is 44.2 Å². The van der Waals surface area contributed by atoms with Crippen LogP contribution in [0.5, 0.6) is 0 Å². The van der Waals surface area contributed by atoms with E-state index < -0.39 is 0 Å². The van der Waals surface area contributed by atoms with Crippen molar-refractivity contribution in [3.8, 4) is 0 Å². The molecule has 0 aromatic carbocycles. The van der Waals surface area contributed by atoms with Crippen molar-refractivity contribution in [1.29, 1.82) is 0 Å². The van der Waals surface area contributed by atoms with Crippen LogP contribution in [0.15, 0.2) is 23.4 Å². The van der Waals surface area contributed by atoms with Gasteiger partial charge in [0, 0.05) is 29.9 Å².